The zero-order valence-electron chi connectivity index (χ0n) is 21.7. The Morgan fingerprint density at radius 2 is 0.714 bits per heavy atom. The van der Waals surface area contributed by atoms with Gasteiger partial charge in [0.25, 0.3) is 17.1 Å². The van der Waals surface area contributed by atoms with E-state index in [1.54, 1.807) is 0 Å². The van der Waals surface area contributed by atoms with Crippen LogP contribution in [-0.4, -0.2) is 54.2 Å². The van der Waals surface area contributed by atoms with Crippen molar-refractivity contribution in [3.8, 4) is 17.2 Å². The van der Waals surface area contributed by atoms with Gasteiger partial charge in [0.15, 0.2) is 0 Å². The van der Waals surface area contributed by atoms with Crippen molar-refractivity contribution in [2.24, 2.45) is 0 Å². The van der Waals surface area contributed by atoms with Crippen molar-refractivity contribution in [2.75, 3.05) is 39.5 Å². The predicted octanol–water partition coefficient (Wildman–Crippen LogP) is -1.92. The van der Waals surface area contributed by atoms with E-state index in [9.17, 15) is 30.3 Å². The summed E-state index contributed by atoms with van der Waals surface area (Å²) in [6.45, 7) is 2.73. The number of non-ortho nitro benzene ring substituents is 3. The van der Waals surface area contributed by atoms with E-state index in [0.717, 1.165) is 4.90 Å². The Morgan fingerprint density at radius 3 is 0.905 bits per heavy atom. The summed E-state index contributed by atoms with van der Waals surface area (Å²) in [6, 6.07) is 17.4. The molecule has 3 aromatic rings. The largest absolute Gasteiger partial charge is 0.488 e. The van der Waals surface area contributed by atoms with Gasteiger partial charge in [0.05, 0.1) is 14.8 Å². The third-order valence-corrected chi connectivity index (χ3v) is 5.32. The summed E-state index contributed by atoms with van der Waals surface area (Å²) in [5.74, 6) is 1.53. The number of rotatable bonds is 15. The van der Waals surface area contributed by atoms with Crippen LogP contribution in [0, 0.1) is 40.6 Å². The van der Waals surface area contributed by atoms with Crippen molar-refractivity contribution in [2.45, 2.75) is 0 Å². The van der Waals surface area contributed by atoms with Gasteiger partial charge < -0.3 is 19.1 Å². The van der Waals surface area contributed by atoms with Crippen LogP contribution in [0.5, 0.6) is 17.2 Å². The third kappa shape index (κ3) is 13.6. The smallest absolute Gasteiger partial charge is 0.269 e. The van der Waals surface area contributed by atoms with Crippen LogP contribution in [0.4, 0.5) is 17.1 Å². The Balaban J connectivity index is 0.00000113. The summed E-state index contributed by atoms with van der Waals surface area (Å²) in [4.78, 5) is 32.0. The number of nitrogens with one attached hydrogen (secondary N) is 1. The fourth-order valence-corrected chi connectivity index (χ4v) is 3.31. The maximum Gasteiger partial charge on any atom is 0.269 e. The van der Waals surface area contributed by atoms with Crippen molar-refractivity contribution in [1.29, 1.82) is 0 Å². The Kier molecular flexibility index (Phi) is 13.2. The number of hydrogen-bond acceptors (Lipinski definition) is 13. The fraction of sp³-hybridized carbons (Fsp3) is 0.250. The first-order chi connectivity index (χ1) is 19.8. The molecule has 0 amide bonds. The van der Waals surface area contributed by atoms with Gasteiger partial charge >= 0.3 is 0 Å². The summed E-state index contributed by atoms with van der Waals surface area (Å²) >= 11 is 0. The van der Waals surface area contributed by atoms with Crippen LogP contribution in [0.3, 0.4) is 0 Å². The van der Waals surface area contributed by atoms with Gasteiger partial charge in [-0.1, -0.05) is 0 Å². The highest BCUT2D eigenvalue weighted by Gasteiger charge is 2.12. The number of nitro benzene ring substituents is 3. The lowest BCUT2D eigenvalue weighted by atomic mass is 10.3. The van der Waals surface area contributed by atoms with Crippen molar-refractivity contribution in [1.82, 2.24) is 0 Å². The molecule has 1 N–H and O–H groups in total. The molecule has 42 heavy (non-hydrogen) atoms. The number of quaternary nitrogens is 1. The summed E-state index contributed by atoms with van der Waals surface area (Å²) in [5, 5.41) is 32.4. The average molecular weight is 613 g/mol. The number of benzene rings is 3. The van der Waals surface area contributed by atoms with Crippen molar-refractivity contribution < 1.29 is 62.8 Å². The Hall–Kier alpha value is -4.65. The van der Waals surface area contributed by atoms with E-state index < -0.39 is 25.0 Å². The first-order valence-electron chi connectivity index (χ1n) is 11.9. The minimum atomic E-state index is -4.94. The van der Waals surface area contributed by atoms with E-state index >= 15 is 0 Å². The second kappa shape index (κ2) is 16.6. The molecule has 0 radical (unpaired) electrons. The Bertz CT molecular complexity index is 1130. The molecular formula is C24H25ClN4O13. The second-order valence-corrected chi connectivity index (χ2v) is 8.93. The lowest BCUT2D eigenvalue weighted by Crippen LogP contribution is -3.13. The second-order valence-electron chi connectivity index (χ2n) is 8.18. The van der Waals surface area contributed by atoms with Crippen molar-refractivity contribution in [3.63, 3.8) is 0 Å². The average Bonchev–Trinajstić information content (AvgIpc) is 2.92. The quantitative estimate of drug-likeness (QED) is 0.145. The summed E-state index contributed by atoms with van der Waals surface area (Å²) in [5.41, 5.74) is -0.0656. The van der Waals surface area contributed by atoms with Crippen LogP contribution >= 0.6 is 0 Å². The van der Waals surface area contributed by atoms with Crippen LogP contribution in [0.2, 0.25) is 0 Å². The molecule has 0 unspecified atom stereocenters. The SMILES string of the molecule is O=[N+]([O-])c1ccc(OCC[NH+](CCOc2ccc([N+](=O)[O-])cc2)CCOc2ccc([N+](=O)[O-])cc2)cc1.[O-][Cl+3]([O-])([O-])[O-]. The molecule has 0 bridgehead atoms. The van der Waals surface area contributed by atoms with Crippen molar-refractivity contribution >= 4 is 17.1 Å². The number of nitrogens with zero attached hydrogens (tertiary/aromatic N) is 3. The van der Waals surface area contributed by atoms with E-state index in [1.165, 1.54) is 72.8 Å². The van der Waals surface area contributed by atoms with Gasteiger partial charge in [0.2, 0.25) is 0 Å². The molecule has 17 nitrogen and oxygen atoms in total. The third-order valence-electron chi connectivity index (χ3n) is 5.32. The molecule has 0 atom stereocenters. The van der Waals surface area contributed by atoms with Crippen LogP contribution in [-0.2, 0) is 0 Å². The van der Waals surface area contributed by atoms with E-state index in [2.05, 4.69) is 0 Å². The molecule has 18 heteroatoms. The lowest BCUT2D eigenvalue weighted by molar-refractivity contribution is -2.00. The van der Waals surface area contributed by atoms with Gasteiger partial charge in [0.1, 0.15) is 56.7 Å². The number of halogens is 1. The van der Waals surface area contributed by atoms with Gasteiger partial charge in [-0.05, 0) is 36.4 Å². The molecule has 0 saturated heterocycles. The van der Waals surface area contributed by atoms with Gasteiger partial charge in [-0.25, -0.2) is 18.6 Å². The van der Waals surface area contributed by atoms with Gasteiger partial charge in [0, 0.05) is 36.4 Å². The van der Waals surface area contributed by atoms with E-state index in [1.807, 2.05) is 0 Å². The Labute approximate surface area is 239 Å². The molecule has 0 aliphatic rings. The van der Waals surface area contributed by atoms with E-state index in [4.69, 9.17) is 32.8 Å². The first-order valence-corrected chi connectivity index (χ1v) is 13.1. The zero-order chi connectivity index (χ0) is 31.1. The minimum Gasteiger partial charge on any atom is -0.488 e. The molecule has 0 aromatic heterocycles. The highest BCUT2D eigenvalue weighted by atomic mass is 35.7. The molecule has 226 valence electrons. The van der Waals surface area contributed by atoms with Crippen LogP contribution in [0.15, 0.2) is 72.8 Å². The van der Waals surface area contributed by atoms with Gasteiger partial charge in [-0.3, -0.25) is 30.3 Å². The highest BCUT2D eigenvalue weighted by Crippen LogP contribution is 2.18. The van der Waals surface area contributed by atoms with Crippen LogP contribution < -0.4 is 37.7 Å². The number of hydrogen-bond donors (Lipinski definition) is 1. The molecule has 0 saturated carbocycles. The monoisotopic (exact) mass is 612 g/mol. The Morgan fingerprint density at radius 1 is 0.500 bits per heavy atom. The van der Waals surface area contributed by atoms with Crippen molar-refractivity contribution in [3.05, 3.63) is 103 Å². The summed E-state index contributed by atoms with van der Waals surface area (Å²) < 4.78 is 51.1. The molecule has 0 fully saturated rings. The highest BCUT2D eigenvalue weighted by molar-refractivity contribution is 5.37. The van der Waals surface area contributed by atoms with Crippen LogP contribution in [0.25, 0.3) is 0 Å². The predicted molar refractivity (Wildman–Crippen MR) is 131 cm³/mol. The number of ether oxygens (including phenoxy) is 3. The maximum atomic E-state index is 10.8. The standard InChI is InChI=1S/C24H24N4O9.ClHO4/c29-26(30)19-1-7-22(8-2-19)35-16-13-25(14-17-36-23-9-3-20(4-10-23)27(31)32)15-18-37-24-11-5-21(6-12-24)28(33)34;2-1(3,4)5/h1-12H,13-18H2;(H,2,3,4,5). The van der Waals surface area contributed by atoms with Crippen LogP contribution in [0.1, 0.15) is 0 Å². The molecule has 3 rings (SSSR count). The minimum absolute atomic E-state index is 0.0219. The number of nitro groups is 3. The zero-order valence-corrected chi connectivity index (χ0v) is 22.5. The van der Waals surface area contributed by atoms with E-state index in [-0.39, 0.29) is 17.1 Å². The molecule has 0 aliphatic carbocycles. The normalized spacial score (nSPS) is 10.8. The van der Waals surface area contributed by atoms with Gasteiger partial charge in [-0.15, -0.1) is 10.2 Å². The molecular weight excluding hydrogens is 588 g/mol. The fourth-order valence-electron chi connectivity index (χ4n) is 3.31. The van der Waals surface area contributed by atoms with Gasteiger partial charge in [-0.2, -0.15) is 0 Å². The summed E-state index contributed by atoms with van der Waals surface area (Å²) in [7, 11) is -4.94. The first kappa shape index (κ1) is 33.6. The molecule has 0 aliphatic heterocycles. The molecule has 0 spiro atoms. The maximum absolute atomic E-state index is 10.8. The van der Waals surface area contributed by atoms with E-state index in [0.29, 0.717) is 56.7 Å². The molecule has 3 aromatic carbocycles. The lowest BCUT2D eigenvalue weighted by Gasteiger charge is -2.20. The molecule has 0 heterocycles. The topological polar surface area (TPSA) is 254 Å². The summed E-state index contributed by atoms with van der Waals surface area (Å²) in [6.07, 6.45) is 0.